The highest BCUT2D eigenvalue weighted by Gasteiger charge is 2.14. The van der Waals surface area contributed by atoms with Gasteiger partial charge in [-0.1, -0.05) is 13.8 Å². The van der Waals surface area contributed by atoms with Crippen LogP contribution in [0, 0.1) is 17.6 Å². The van der Waals surface area contributed by atoms with Crippen molar-refractivity contribution in [3.8, 4) is 0 Å². The van der Waals surface area contributed by atoms with Crippen molar-refractivity contribution in [1.82, 2.24) is 5.32 Å². The zero-order valence-electron chi connectivity index (χ0n) is 11.2. The molecule has 0 amide bonds. The molecule has 2 unspecified atom stereocenters. The summed E-state index contributed by atoms with van der Waals surface area (Å²) in [5.74, 6) is -0.851. The third kappa shape index (κ3) is 5.63. The van der Waals surface area contributed by atoms with Crippen LogP contribution in [-0.2, 0) is 0 Å². The van der Waals surface area contributed by atoms with Crippen LogP contribution in [0.25, 0.3) is 0 Å². The molecule has 0 aliphatic heterocycles. The lowest BCUT2D eigenvalue weighted by Gasteiger charge is -2.16. The second-order valence-electron chi connectivity index (χ2n) is 5.12. The Bertz CT molecular complexity index is 399. The van der Waals surface area contributed by atoms with Crippen molar-refractivity contribution in [3.05, 3.63) is 35.4 Å². The highest BCUT2D eigenvalue weighted by Crippen LogP contribution is 2.17. The molecule has 0 saturated carbocycles. The van der Waals surface area contributed by atoms with E-state index in [1.807, 2.05) is 13.8 Å². The lowest BCUT2D eigenvalue weighted by Crippen LogP contribution is -2.31. The van der Waals surface area contributed by atoms with Gasteiger partial charge in [0.1, 0.15) is 11.6 Å². The molecule has 0 radical (unpaired) electrons. The van der Waals surface area contributed by atoms with E-state index in [-0.39, 0.29) is 12.1 Å². The monoisotopic (exact) mass is 273 g/mol. The zero-order valence-corrected chi connectivity index (χ0v) is 11.2. The van der Waals surface area contributed by atoms with Gasteiger partial charge in [-0.3, -0.25) is 0 Å². The average molecular weight is 273 g/mol. The van der Waals surface area contributed by atoms with Gasteiger partial charge in [-0.05, 0) is 30.5 Å². The summed E-state index contributed by atoms with van der Waals surface area (Å²) in [7, 11) is 0. The van der Waals surface area contributed by atoms with Gasteiger partial charge < -0.3 is 15.5 Å². The number of halogens is 2. The minimum absolute atomic E-state index is 0.0650. The first-order valence-electron chi connectivity index (χ1n) is 6.42. The zero-order chi connectivity index (χ0) is 14.4. The summed E-state index contributed by atoms with van der Waals surface area (Å²) in [6.45, 7) is 4.38. The molecule has 0 heterocycles. The average Bonchev–Trinajstić information content (AvgIpc) is 2.31. The standard InChI is InChI=1S/C14H21F2NO2/c1-9(2)5-11(18)7-17-8-14(19)12-6-10(15)3-4-13(12)16/h3-4,6,9,11,14,17-19H,5,7-8H2,1-2H3. The molecule has 2 atom stereocenters. The molecule has 0 aromatic heterocycles. The Morgan fingerprint density at radius 2 is 1.84 bits per heavy atom. The molecule has 0 fully saturated rings. The van der Waals surface area contributed by atoms with Gasteiger partial charge in [0.05, 0.1) is 12.2 Å². The molecule has 1 aromatic carbocycles. The third-order valence-corrected chi connectivity index (χ3v) is 2.78. The van der Waals surface area contributed by atoms with Crippen LogP contribution < -0.4 is 5.32 Å². The summed E-state index contributed by atoms with van der Waals surface area (Å²) < 4.78 is 26.3. The number of hydrogen-bond acceptors (Lipinski definition) is 3. The number of benzene rings is 1. The lowest BCUT2D eigenvalue weighted by atomic mass is 10.1. The molecular weight excluding hydrogens is 252 g/mol. The Labute approximate surface area is 112 Å². The molecule has 0 aliphatic rings. The topological polar surface area (TPSA) is 52.5 Å². The van der Waals surface area contributed by atoms with Gasteiger partial charge in [0, 0.05) is 18.7 Å². The first-order chi connectivity index (χ1) is 8.90. The van der Waals surface area contributed by atoms with Crippen molar-refractivity contribution < 1.29 is 19.0 Å². The van der Waals surface area contributed by atoms with E-state index in [2.05, 4.69) is 5.32 Å². The molecule has 5 heteroatoms. The van der Waals surface area contributed by atoms with Gasteiger partial charge in [0.2, 0.25) is 0 Å². The van der Waals surface area contributed by atoms with E-state index in [1.165, 1.54) is 0 Å². The van der Waals surface area contributed by atoms with Crippen molar-refractivity contribution in [2.45, 2.75) is 32.5 Å². The van der Waals surface area contributed by atoms with E-state index in [9.17, 15) is 19.0 Å². The Hall–Kier alpha value is -1.04. The van der Waals surface area contributed by atoms with Gasteiger partial charge in [-0.25, -0.2) is 8.78 Å². The van der Waals surface area contributed by atoms with Crippen LogP contribution in [0.15, 0.2) is 18.2 Å². The number of rotatable bonds is 7. The molecule has 108 valence electrons. The fraction of sp³-hybridized carbons (Fsp3) is 0.571. The number of hydrogen-bond donors (Lipinski definition) is 3. The SMILES string of the molecule is CC(C)CC(O)CNCC(O)c1cc(F)ccc1F. The predicted molar refractivity (Wildman–Crippen MR) is 69.6 cm³/mol. The van der Waals surface area contributed by atoms with Crippen molar-refractivity contribution >= 4 is 0 Å². The van der Waals surface area contributed by atoms with Gasteiger partial charge in [0.15, 0.2) is 0 Å². The maximum absolute atomic E-state index is 13.4. The first kappa shape index (κ1) is 16.0. The van der Waals surface area contributed by atoms with Crippen LogP contribution in [0.2, 0.25) is 0 Å². The molecular formula is C14H21F2NO2. The van der Waals surface area contributed by atoms with Crippen molar-refractivity contribution in [1.29, 1.82) is 0 Å². The fourth-order valence-corrected chi connectivity index (χ4v) is 1.89. The number of aliphatic hydroxyl groups is 2. The first-order valence-corrected chi connectivity index (χ1v) is 6.42. The number of nitrogens with one attached hydrogen (secondary N) is 1. The summed E-state index contributed by atoms with van der Waals surface area (Å²) in [6, 6.07) is 2.97. The minimum Gasteiger partial charge on any atom is -0.392 e. The molecule has 1 aromatic rings. The van der Waals surface area contributed by atoms with E-state index < -0.39 is 23.8 Å². The lowest BCUT2D eigenvalue weighted by molar-refractivity contribution is 0.130. The maximum atomic E-state index is 13.4. The smallest absolute Gasteiger partial charge is 0.129 e. The molecule has 3 nitrogen and oxygen atoms in total. The van der Waals surface area contributed by atoms with E-state index >= 15 is 0 Å². The quantitative estimate of drug-likeness (QED) is 0.712. The van der Waals surface area contributed by atoms with Crippen molar-refractivity contribution in [2.24, 2.45) is 5.92 Å². The largest absolute Gasteiger partial charge is 0.392 e. The minimum atomic E-state index is -1.14. The van der Waals surface area contributed by atoms with E-state index in [0.717, 1.165) is 18.2 Å². The van der Waals surface area contributed by atoms with Crippen LogP contribution in [-0.4, -0.2) is 29.4 Å². The molecule has 0 aliphatic carbocycles. The highest BCUT2D eigenvalue weighted by molar-refractivity contribution is 5.21. The Morgan fingerprint density at radius 3 is 2.47 bits per heavy atom. The molecule has 19 heavy (non-hydrogen) atoms. The number of aliphatic hydroxyl groups excluding tert-OH is 2. The predicted octanol–water partition coefficient (Wildman–Crippen LogP) is 1.99. The van der Waals surface area contributed by atoms with Crippen LogP contribution in [0.3, 0.4) is 0 Å². The molecule has 0 bridgehead atoms. The molecule has 0 spiro atoms. The van der Waals surface area contributed by atoms with Gasteiger partial charge in [-0.2, -0.15) is 0 Å². The van der Waals surface area contributed by atoms with Crippen LogP contribution in [0.5, 0.6) is 0 Å². The molecule has 0 saturated heterocycles. The summed E-state index contributed by atoms with van der Waals surface area (Å²) in [4.78, 5) is 0. The maximum Gasteiger partial charge on any atom is 0.129 e. The highest BCUT2D eigenvalue weighted by atomic mass is 19.1. The normalized spacial score (nSPS) is 14.7. The van der Waals surface area contributed by atoms with E-state index in [4.69, 9.17) is 0 Å². The van der Waals surface area contributed by atoms with E-state index in [0.29, 0.717) is 18.9 Å². The summed E-state index contributed by atoms with van der Waals surface area (Å²) >= 11 is 0. The van der Waals surface area contributed by atoms with Crippen LogP contribution in [0.4, 0.5) is 8.78 Å². The van der Waals surface area contributed by atoms with E-state index in [1.54, 1.807) is 0 Å². The summed E-state index contributed by atoms with van der Waals surface area (Å²) in [5.41, 5.74) is -0.0779. The van der Waals surface area contributed by atoms with Crippen molar-refractivity contribution in [2.75, 3.05) is 13.1 Å². The van der Waals surface area contributed by atoms with Crippen LogP contribution in [0.1, 0.15) is 31.9 Å². The van der Waals surface area contributed by atoms with Crippen LogP contribution >= 0.6 is 0 Å². The molecule has 3 N–H and O–H groups in total. The second kappa shape index (κ2) is 7.53. The fourth-order valence-electron chi connectivity index (χ4n) is 1.89. The Kier molecular flexibility index (Phi) is 6.34. The molecule has 1 rings (SSSR count). The second-order valence-corrected chi connectivity index (χ2v) is 5.12. The summed E-state index contributed by atoms with van der Waals surface area (Å²) in [6.07, 6.45) is -0.997. The Balaban J connectivity index is 2.43. The van der Waals surface area contributed by atoms with Crippen molar-refractivity contribution in [3.63, 3.8) is 0 Å². The van der Waals surface area contributed by atoms with Gasteiger partial charge >= 0.3 is 0 Å². The van der Waals surface area contributed by atoms with Gasteiger partial charge in [-0.15, -0.1) is 0 Å². The van der Waals surface area contributed by atoms with Gasteiger partial charge in [0.25, 0.3) is 0 Å². The summed E-state index contributed by atoms with van der Waals surface area (Å²) in [5, 5.41) is 22.2. The Morgan fingerprint density at radius 1 is 1.16 bits per heavy atom. The third-order valence-electron chi connectivity index (χ3n) is 2.78.